The van der Waals surface area contributed by atoms with E-state index >= 15 is 0 Å². The predicted octanol–water partition coefficient (Wildman–Crippen LogP) is 4.44. The summed E-state index contributed by atoms with van der Waals surface area (Å²) in [4.78, 5) is 4.39. The molecule has 0 atom stereocenters. The molecule has 0 radical (unpaired) electrons. The van der Waals surface area contributed by atoms with Crippen molar-refractivity contribution in [3.8, 4) is 11.3 Å². The van der Waals surface area contributed by atoms with E-state index in [1.807, 2.05) is 24.3 Å². The third kappa shape index (κ3) is 2.80. The lowest BCUT2D eigenvalue weighted by atomic mass is 10.1. The van der Waals surface area contributed by atoms with Gasteiger partial charge < -0.3 is 10.1 Å². The molecule has 0 amide bonds. The molecule has 0 spiro atoms. The van der Waals surface area contributed by atoms with Gasteiger partial charge in [0.15, 0.2) is 5.65 Å². The maximum absolute atomic E-state index is 12.9. The lowest BCUT2D eigenvalue weighted by Crippen LogP contribution is -2.07. The number of imidazole rings is 1. The number of fused-ring (bicyclic) bond motifs is 1. The van der Waals surface area contributed by atoms with Gasteiger partial charge in [-0.15, -0.1) is 0 Å². The van der Waals surface area contributed by atoms with Crippen LogP contribution < -0.4 is 5.73 Å². The van der Waals surface area contributed by atoms with Gasteiger partial charge in [-0.3, -0.25) is 0 Å². The van der Waals surface area contributed by atoms with E-state index in [-0.39, 0.29) is 5.02 Å². The lowest BCUT2D eigenvalue weighted by molar-refractivity contribution is -0.137. The van der Waals surface area contributed by atoms with E-state index in [0.717, 1.165) is 23.4 Å². The maximum atomic E-state index is 12.9. The zero-order valence-electron chi connectivity index (χ0n) is 12.2. The zero-order valence-corrected chi connectivity index (χ0v) is 12.9. The first kappa shape index (κ1) is 15.8. The van der Waals surface area contributed by atoms with Gasteiger partial charge >= 0.3 is 6.18 Å². The molecule has 3 nitrogen and oxygen atoms in total. The lowest BCUT2D eigenvalue weighted by Gasteiger charge is -2.08. The highest BCUT2D eigenvalue weighted by Crippen LogP contribution is 2.34. The van der Waals surface area contributed by atoms with Crippen LogP contribution in [0.5, 0.6) is 0 Å². The zero-order chi connectivity index (χ0) is 16.8. The normalized spacial score (nSPS) is 12.1. The Hall–Kier alpha value is -2.05. The van der Waals surface area contributed by atoms with Gasteiger partial charge in [0.05, 0.1) is 16.3 Å². The van der Waals surface area contributed by atoms with Gasteiger partial charge in [0, 0.05) is 24.0 Å². The van der Waals surface area contributed by atoms with Crippen LogP contribution in [-0.4, -0.2) is 9.38 Å². The summed E-state index contributed by atoms with van der Waals surface area (Å²) in [5.74, 6) is 0. The average Bonchev–Trinajstić information content (AvgIpc) is 2.84. The molecule has 23 heavy (non-hydrogen) atoms. The van der Waals surface area contributed by atoms with E-state index < -0.39 is 11.7 Å². The van der Waals surface area contributed by atoms with Crippen molar-refractivity contribution in [1.82, 2.24) is 9.38 Å². The fourth-order valence-corrected chi connectivity index (χ4v) is 2.70. The van der Waals surface area contributed by atoms with Gasteiger partial charge in [0.2, 0.25) is 0 Å². The minimum Gasteiger partial charge on any atom is -0.326 e. The van der Waals surface area contributed by atoms with Crippen LogP contribution in [0.1, 0.15) is 16.8 Å². The second-order valence-corrected chi connectivity index (χ2v) is 5.62. The average molecular weight is 340 g/mol. The van der Waals surface area contributed by atoms with Crippen LogP contribution in [0.2, 0.25) is 5.02 Å². The van der Waals surface area contributed by atoms with E-state index in [1.54, 1.807) is 6.92 Å². The smallest absolute Gasteiger partial charge is 0.326 e. The molecule has 3 aromatic rings. The quantitative estimate of drug-likeness (QED) is 0.750. The van der Waals surface area contributed by atoms with Crippen molar-refractivity contribution in [3.05, 3.63) is 58.4 Å². The van der Waals surface area contributed by atoms with E-state index in [4.69, 9.17) is 17.3 Å². The molecule has 1 aromatic carbocycles. The molecule has 0 aliphatic carbocycles. The van der Waals surface area contributed by atoms with E-state index in [9.17, 15) is 13.2 Å². The van der Waals surface area contributed by atoms with Crippen molar-refractivity contribution in [2.45, 2.75) is 19.6 Å². The molecule has 2 heterocycles. The van der Waals surface area contributed by atoms with Crippen LogP contribution in [0.3, 0.4) is 0 Å². The van der Waals surface area contributed by atoms with Crippen LogP contribution in [0.15, 0.2) is 36.5 Å². The van der Waals surface area contributed by atoms with Crippen LogP contribution in [-0.2, 0) is 12.7 Å². The number of rotatable bonds is 2. The number of benzene rings is 1. The summed E-state index contributed by atoms with van der Waals surface area (Å²) in [5.41, 5.74) is 8.01. The minimum atomic E-state index is -4.46. The third-order valence-corrected chi connectivity index (χ3v) is 3.98. The van der Waals surface area contributed by atoms with Gasteiger partial charge in [-0.05, 0) is 18.6 Å². The second kappa shape index (κ2) is 5.54. The molecule has 0 aliphatic rings. The topological polar surface area (TPSA) is 43.3 Å². The summed E-state index contributed by atoms with van der Waals surface area (Å²) in [6.45, 7) is 2.13. The molecule has 3 rings (SSSR count). The molecule has 0 bridgehead atoms. The molecule has 0 saturated heterocycles. The summed E-state index contributed by atoms with van der Waals surface area (Å²) < 4.78 is 40.2. The van der Waals surface area contributed by atoms with Gasteiger partial charge in [0.25, 0.3) is 0 Å². The van der Waals surface area contributed by atoms with E-state index in [1.165, 1.54) is 4.40 Å². The number of aryl methyl sites for hydroxylation is 1. The molecule has 7 heteroatoms. The van der Waals surface area contributed by atoms with Crippen molar-refractivity contribution in [1.29, 1.82) is 0 Å². The molecule has 2 N–H and O–H groups in total. The van der Waals surface area contributed by atoms with E-state index in [2.05, 4.69) is 4.98 Å². The summed E-state index contributed by atoms with van der Waals surface area (Å²) in [7, 11) is 0. The van der Waals surface area contributed by atoms with Crippen LogP contribution in [0, 0.1) is 6.92 Å². The summed E-state index contributed by atoms with van der Waals surface area (Å²) in [6, 6.07) is 8.30. The number of hydrogen-bond donors (Lipinski definition) is 1. The number of nitrogens with two attached hydrogens (primary N) is 1. The molecule has 0 saturated carbocycles. The summed E-state index contributed by atoms with van der Waals surface area (Å²) in [5, 5.41) is -0.0345. The number of hydrogen-bond acceptors (Lipinski definition) is 2. The Balaban J connectivity index is 2.19. The predicted molar refractivity (Wildman–Crippen MR) is 83.3 cm³/mol. The molecule has 120 valence electrons. The Labute approximate surface area is 135 Å². The Kier molecular flexibility index (Phi) is 3.82. The highest BCUT2D eigenvalue weighted by molar-refractivity contribution is 6.33. The molecule has 0 fully saturated rings. The van der Waals surface area contributed by atoms with Crippen LogP contribution in [0.25, 0.3) is 16.9 Å². The second-order valence-electron chi connectivity index (χ2n) is 5.21. The van der Waals surface area contributed by atoms with Gasteiger partial charge in [0.1, 0.15) is 0 Å². The standard InChI is InChI=1S/C16H13ClF3N3/c1-9-14(11-4-2-10(7-21)3-5-11)22-15-13(17)6-12(8-23(9)15)16(18,19)20/h2-6,8H,7,21H2,1H3. The number of nitrogens with zero attached hydrogens (tertiary/aromatic N) is 2. The van der Waals surface area contributed by atoms with Gasteiger partial charge in [-0.1, -0.05) is 35.9 Å². The highest BCUT2D eigenvalue weighted by atomic mass is 35.5. The van der Waals surface area contributed by atoms with Crippen molar-refractivity contribution in [2.75, 3.05) is 0 Å². The third-order valence-electron chi connectivity index (χ3n) is 3.70. The molecule has 0 aliphatic heterocycles. The molecular weight excluding hydrogens is 327 g/mol. The molecule has 2 aromatic heterocycles. The van der Waals surface area contributed by atoms with Crippen molar-refractivity contribution in [2.24, 2.45) is 5.73 Å². The number of pyridine rings is 1. The van der Waals surface area contributed by atoms with Gasteiger partial charge in [-0.25, -0.2) is 4.98 Å². The first-order valence-corrected chi connectivity index (χ1v) is 7.24. The van der Waals surface area contributed by atoms with Crippen molar-refractivity contribution < 1.29 is 13.2 Å². The van der Waals surface area contributed by atoms with Crippen LogP contribution >= 0.6 is 11.6 Å². The Bertz CT molecular complexity index is 867. The minimum absolute atomic E-state index is 0.0345. The SMILES string of the molecule is Cc1c(-c2ccc(CN)cc2)nc2c(Cl)cc(C(F)(F)F)cn12. The summed E-state index contributed by atoms with van der Waals surface area (Å²) in [6.07, 6.45) is -3.45. The number of alkyl halides is 3. The van der Waals surface area contributed by atoms with Crippen molar-refractivity contribution >= 4 is 17.2 Å². The van der Waals surface area contributed by atoms with Crippen molar-refractivity contribution in [3.63, 3.8) is 0 Å². The first-order chi connectivity index (χ1) is 10.8. The van der Waals surface area contributed by atoms with Crippen LogP contribution in [0.4, 0.5) is 13.2 Å². The maximum Gasteiger partial charge on any atom is 0.417 e. The molecule has 0 unspecified atom stereocenters. The Morgan fingerprint density at radius 3 is 2.43 bits per heavy atom. The fraction of sp³-hybridized carbons (Fsp3) is 0.188. The Morgan fingerprint density at radius 2 is 1.87 bits per heavy atom. The summed E-state index contributed by atoms with van der Waals surface area (Å²) >= 11 is 5.99. The molecular formula is C16H13ClF3N3. The first-order valence-electron chi connectivity index (χ1n) is 6.86. The van der Waals surface area contributed by atoms with Gasteiger partial charge in [-0.2, -0.15) is 13.2 Å². The van der Waals surface area contributed by atoms with E-state index in [0.29, 0.717) is 23.6 Å². The number of aromatic nitrogens is 2. The fourth-order valence-electron chi connectivity index (χ4n) is 2.44. The Morgan fingerprint density at radius 1 is 1.22 bits per heavy atom. The monoisotopic (exact) mass is 339 g/mol. The number of halogens is 4. The highest BCUT2D eigenvalue weighted by Gasteiger charge is 2.32. The largest absolute Gasteiger partial charge is 0.417 e.